The number of aromatic nitrogens is 3. The fourth-order valence-electron chi connectivity index (χ4n) is 2.60. The molecular formula is C19H21FN6. The van der Waals surface area contributed by atoms with Crippen molar-refractivity contribution in [3.63, 3.8) is 0 Å². The maximum atomic E-state index is 13.3. The molecule has 0 radical (unpaired) electrons. The molecule has 0 atom stereocenters. The van der Waals surface area contributed by atoms with Gasteiger partial charge in [0.1, 0.15) is 5.82 Å². The minimum absolute atomic E-state index is 0.292. The fourth-order valence-corrected chi connectivity index (χ4v) is 2.60. The number of nitrogens with one attached hydrogen (secondary N) is 2. The van der Waals surface area contributed by atoms with E-state index in [9.17, 15) is 4.39 Å². The fraction of sp³-hybridized carbons (Fsp3) is 0.211. The van der Waals surface area contributed by atoms with Crippen LogP contribution in [0.5, 0.6) is 0 Å². The Kier molecular flexibility index (Phi) is 5.58. The molecule has 0 aliphatic rings. The Bertz CT molecular complexity index is 849. The first-order chi connectivity index (χ1) is 12.7. The summed E-state index contributed by atoms with van der Waals surface area (Å²) >= 11 is 0. The Balaban J connectivity index is 1.70. The molecule has 0 amide bonds. The summed E-state index contributed by atoms with van der Waals surface area (Å²) in [7, 11) is 0. The van der Waals surface area contributed by atoms with Crippen LogP contribution in [0.2, 0.25) is 0 Å². The second-order valence-electron chi connectivity index (χ2n) is 5.64. The second-order valence-corrected chi connectivity index (χ2v) is 5.64. The van der Waals surface area contributed by atoms with Gasteiger partial charge in [0, 0.05) is 30.2 Å². The smallest absolute Gasteiger partial charge is 0.249 e. The normalized spacial score (nSPS) is 10.4. The number of rotatable bonds is 7. The number of hydrogen-bond acceptors (Lipinski definition) is 6. The van der Waals surface area contributed by atoms with Crippen molar-refractivity contribution in [2.24, 2.45) is 0 Å². The molecule has 0 saturated carbocycles. The van der Waals surface area contributed by atoms with Gasteiger partial charge in [-0.1, -0.05) is 6.07 Å². The predicted octanol–water partition coefficient (Wildman–Crippen LogP) is 4.34. The van der Waals surface area contributed by atoms with E-state index in [1.54, 1.807) is 12.1 Å². The molecule has 2 aromatic carbocycles. The van der Waals surface area contributed by atoms with Crippen molar-refractivity contribution in [1.82, 2.24) is 15.2 Å². The van der Waals surface area contributed by atoms with Gasteiger partial charge in [0.15, 0.2) is 5.82 Å². The quantitative estimate of drug-likeness (QED) is 0.659. The van der Waals surface area contributed by atoms with E-state index in [2.05, 4.69) is 56.7 Å². The van der Waals surface area contributed by atoms with Crippen molar-refractivity contribution in [1.29, 1.82) is 0 Å². The lowest BCUT2D eigenvalue weighted by atomic mass is 10.2. The summed E-state index contributed by atoms with van der Waals surface area (Å²) in [6.07, 6.45) is 1.54. The summed E-state index contributed by atoms with van der Waals surface area (Å²) in [5, 5.41) is 14.0. The number of halogens is 1. The van der Waals surface area contributed by atoms with Gasteiger partial charge in [-0.3, -0.25) is 0 Å². The van der Waals surface area contributed by atoms with Gasteiger partial charge in [0.05, 0.1) is 6.20 Å². The molecule has 1 heterocycles. The lowest BCUT2D eigenvalue weighted by Crippen LogP contribution is -2.21. The first-order valence-corrected chi connectivity index (χ1v) is 8.52. The number of anilines is 5. The van der Waals surface area contributed by atoms with Crippen LogP contribution < -0.4 is 15.5 Å². The van der Waals surface area contributed by atoms with Crippen molar-refractivity contribution in [3.8, 4) is 0 Å². The Morgan fingerprint density at radius 1 is 0.962 bits per heavy atom. The Morgan fingerprint density at radius 2 is 1.73 bits per heavy atom. The summed E-state index contributed by atoms with van der Waals surface area (Å²) in [6, 6.07) is 14.2. The van der Waals surface area contributed by atoms with Crippen molar-refractivity contribution < 1.29 is 4.39 Å². The molecule has 6 nitrogen and oxygen atoms in total. The zero-order chi connectivity index (χ0) is 18.4. The molecule has 0 spiro atoms. The summed E-state index contributed by atoms with van der Waals surface area (Å²) in [4.78, 5) is 6.63. The van der Waals surface area contributed by atoms with E-state index in [1.807, 2.05) is 12.1 Å². The van der Waals surface area contributed by atoms with Gasteiger partial charge in [-0.15, -0.1) is 5.10 Å². The van der Waals surface area contributed by atoms with Crippen LogP contribution in [0.25, 0.3) is 0 Å². The highest BCUT2D eigenvalue weighted by Gasteiger charge is 2.05. The zero-order valence-corrected chi connectivity index (χ0v) is 14.8. The molecule has 0 bridgehead atoms. The number of hydrogen-bond donors (Lipinski definition) is 2. The van der Waals surface area contributed by atoms with Crippen molar-refractivity contribution in [3.05, 3.63) is 60.5 Å². The minimum atomic E-state index is -0.328. The van der Waals surface area contributed by atoms with Crippen LogP contribution in [-0.2, 0) is 0 Å². The third kappa shape index (κ3) is 4.44. The topological polar surface area (TPSA) is 66.0 Å². The van der Waals surface area contributed by atoms with Crippen LogP contribution in [0, 0.1) is 5.82 Å². The van der Waals surface area contributed by atoms with Crippen LogP contribution in [0.3, 0.4) is 0 Å². The van der Waals surface area contributed by atoms with Gasteiger partial charge in [-0.25, -0.2) is 4.39 Å². The van der Waals surface area contributed by atoms with E-state index in [-0.39, 0.29) is 5.82 Å². The third-order valence-corrected chi connectivity index (χ3v) is 3.91. The highest BCUT2D eigenvalue weighted by molar-refractivity contribution is 5.61. The average Bonchev–Trinajstić information content (AvgIpc) is 2.64. The van der Waals surface area contributed by atoms with E-state index in [1.165, 1.54) is 24.0 Å². The molecule has 0 fully saturated rings. The SMILES string of the molecule is CCN(CC)c1ccc(Nc2cnnc(Nc3cccc(F)c3)n2)cc1. The molecular weight excluding hydrogens is 331 g/mol. The number of benzene rings is 2. The first-order valence-electron chi connectivity index (χ1n) is 8.52. The molecule has 0 saturated heterocycles. The van der Waals surface area contributed by atoms with Gasteiger partial charge < -0.3 is 15.5 Å². The van der Waals surface area contributed by atoms with Crippen LogP contribution in [0.1, 0.15) is 13.8 Å². The van der Waals surface area contributed by atoms with Gasteiger partial charge in [0.2, 0.25) is 5.95 Å². The van der Waals surface area contributed by atoms with E-state index in [0.717, 1.165) is 18.8 Å². The largest absolute Gasteiger partial charge is 0.372 e. The molecule has 0 unspecified atom stereocenters. The van der Waals surface area contributed by atoms with Crippen LogP contribution in [-0.4, -0.2) is 28.3 Å². The van der Waals surface area contributed by atoms with Gasteiger partial charge in [-0.2, -0.15) is 10.1 Å². The molecule has 1 aromatic heterocycles. The Morgan fingerprint density at radius 3 is 2.42 bits per heavy atom. The standard InChI is InChI=1S/C19H21FN6/c1-3-26(4-2)17-10-8-15(9-11-17)22-18-13-21-25-19(24-18)23-16-7-5-6-14(20)12-16/h5-13H,3-4H2,1-2H3,(H2,22,23,24,25). The lowest BCUT2D eigenvalue weighted by Gasteiger charge is -2.21. The summed E-state index contributed by atoms with van der Waals surface area (Å²) in [6.45, 7) is 6.20. The van der Waals surface area contributed by atoms with Crippen LogP contribution in [0.15, 0.2) is 54.7 Å². The van der Waals surface area contributed by atoms with E-state index in [4.69, 9.17) is 0 Å². The van der Waals surface area contributed by atoms with E-state index in [0.29, 0.717) is 17.5 Å². The summed E-state index contributed by atoms with van der Waals surface area (Å²) in [5.74, 6) is 0.514. The maximum Gasteiger partial charge on any atom is 0.249 e. The summed E-state index contributed by atoms with van der Waals surface area (Å²) < 4.78 is 13.3. The van der Waals surface area contributed by atoms with Crippen LogP contribution >= 0.6 is 0 Å². The van der Waals surface area contributed by atoms with Crippen molar-refractivity contribution >= 4 is 28.8 Å². The average molecular weight is 352 g/mol. The molecule has 0 aliphatic heterocycles. The van der Waals surface area contributed by atoms with Gasteiger partial charge >= 0.3 is 0 Å². The van der Waals surface area contributed by atoms with Crippen LogP contribution in [0.4, 0.5) is 33.2 Å². The summed E-state index contributed by atoms with van der Waals surface area (Å²) in [5.41, 5.74) is 2.64. The molecule has 3 rings (SSSR count). The first kappa shape index (κ1) is 17.6. The highest BCUT2D eigenvalue weighted by atomic mass is 19.1. The highest BCUT2D eigenvalue weighted by Crippen LogP contribution is 2.21. The molecule has 134 valence electrons. The maximum absolute atomic E-state index is 13.3. The lowest BCUT2D eigenvalue weighted by molar-refractivity contribution is 0.628. The van der Waals surface area contributed by atoms with Crippen molar-refractivity contribution in [2.45, 2.75) is 13.8 Å². The number of nitrogens with zero attached hydrogens (tertiary/aromatic N) is 4. The molecule has 26 heavy (non-hydrogen) atoms. The second kappa shape index (κ2) is 8.24. The monoisotopic (exact) mass is 352 g/mol. The zero-order valence-electron chi connectivity index (χ0n) is 14.8. The van der Waals surface area contributed by atoms with Gasteiger partial charge in [0.25, 0.3) is 0 Å². The van der Waals surface area contributed by atoms with E-state index >= 15 is 0 Å². The Labute approximate surface area is 152 Å². The molecule has 0 aliphatic carbocycles. The molecule has 3 aromatic rings. The Hall–Kier alpha value is -3.22. The molecule has 2 N–H and O–H groups in total. The third-order valence-electron chi connectivity index (χ3n) is 3.91. The predicted molar refractivity (Wildman–Crippen MR) is 103 cm³/mol. The van der Waals surface area contributed by atoms with Gasteiger partial charge in [-0.05, 0) is 56.3 Å². The van der Waals surface area contributed by atoms with Crippen molar-refractivity contribution in [2.75, 3.05) is 28.6 Å². The minimum Gasteiger partial charge on any atom is -0.372 e. The van der Waals surface area contributed by atoms with E-state index < -0.39 is 0 Å². The molecule has 7 heteroatoms.